The molecule has 3 rings (SSSR count). The van der Waals surface area contributed by atoms with Crippen LogP contribution in [-0.4, -0.2) is 59.1 Å². The molecule has 1 saturated carbocycles. The monoisotopic (exact) mass is 501 g/mol. The molecule has 1 unspecified atom stereocenters. The summed E-state index contributed by atoms with van der Waals surface area (Å²) in [6, 6.07) is 2.22. The van der Waals surface area contributed by atoms with E-state index < -0.39 is 22.6 Å². The average molecular weight is 502 g/mol. The molecule has 1 fully saturated rings. The van der Waals surface area contributed by atoms with Gasteiger partial charge in [-0.1, -0.05) is 26.8 Å². The maximum atomic E-state index is 13.7. The maximum Gasteiger partial charge on any atom is 0.416 e. The van der Waals surface area contributed by atoms with Gasteiger partial charge < -0.3 is 15.3 Å². The van der Waals surface area contributed by atoms with Crippen LogP contribution in [-0.2, 0) is 11.0 Å². The van der Waals surface area contributed by atoms with Crippen molar-refractivity contribution in [2.45, 2.75) is 58.7 Å². The van der Waals surface area contributed by atoms with Gasteiger partial charge >= 0.3 is 6.18 Å². The summed E-state index contributed by atoms with van der Waals surface area (Å²) in [4.78, 5) is 19.6. The number of alkyl halides is 4. The zero-order valence-electron chi connectivity index (χ0n) is 20.1. The number of pyridine rings is 1. The number of nitrogens with zero attached hydrogens (tertiary/aromatic N) is 2. The topological polar surface area (TPSA) is 65.5 Å². The minimum atomic E-state index is -4.41. The van der Waals surface area contributed by atoms with E-state index in [1.165, 1.54) is 6.20 Å². The smallest absolute Gasteiger partial charge is 0.396 e. The molecule has 2 heterocycles. The number of rotatable bonds is 8. The molecule has 1 aromatic heterocycles. The lowest BCUT2D eigenvalue weighted by Crippen LogP contribution is -2.48. The highest BCUT2D eigenvalue weighted by atomic mass is 35.5. The lowest BCUT2D eigenvalue weighted by atomic mass is 9.74. The molecule has 2 N–H and O–H groups in total. The van der Waals surface area contributed by atoms with Crippen LogP contribution in [0.3, 0.4) is 0 Å². The SMILES string of the molecule is CC(C)[C@@]1(C(=O)N2CC=C(c3cc(C(F)(F)F)ccn3)CC2)CC[C@H](NCC(C)(CO)CCl)C1. The highest BCUT2D eigenvalue weighted by molar-refractivity contribution is 6.18. The van der Waals surface area contributed by atoms with Gasteiger partial charge in [0, 0.05) is 43.2 Å². The van der Waals surface area contributed by atoms with E-state index in [0.717, 1.165) is 37.0 Å². The largest absolute Gasteiger partial charge is 0.416 e. The van der Waals surface area contributed by atoms with Gasteiger partial charge in [0.1, 0.15) is 0 Å². The first-order valence-corrected chi connectivity index (χ1v) is 12.4. The van der Waals surface area contributed by atoms with Crippen molar-refractivity contribution >= 4 is 23.1 Å². The lowest BCUT2D eigenvalue weighted by molar-refractivity contribution is -0.144. The Kier molecular flexibility index (Phi) is 8.36. The zero-order chi connectivity index (χ0) is 25.1. The minimum absolute atomic E-state index is 0.00629. The van der Waals surface area contributed by atoms with Crippen molar-refractivity contribution in [1.82, 2.24) is 15.2 Å². The fraction of sp³-hybridized carbons (Fsp3) is 0.680. The molecular weight excluding hydrogens is 467 g/mol. The van der Waals surface area contributed by atoms with Crippen molar-refractivity contribution in [3.05, 3.63) is 35.7 Å². The Morgan fingerprint density at radius 1 is 1.41 bits per heavy atom. The molecular formula is C25H35ClF3N3O2. The molecule has 9 heteroatoms. The van der Waals surface area contributed by atoms with Crippen LogP contribution in [0.25, 0.3) is 5.57 Å². The molecule has 0 aromatic carbocycles. The van der Waals surface area contributed by atoms with Gasteiger partial charge in [0.05, 0.1) is 23.3 Å². The first-order valence-electron chi connectivity index (χ1n) is 11.9. The highest BCUT2D eigenvalue weighted by Gasteiger charge is 2.49. The van der Waals surface area contributed by atoms with Gasteiger partial charge in [-0.3, -0.25) is 9.78 Å². The maximum absolute atomic E-state index is 13.7. The second-order valence-corrected chi connectivity index (χ2v) is 10.7. The van der Waals surface area contributed by atoms with Crippen LogP contribution in [0.4, 0.5) is 13.2 Å². The number of aromatic nitrogens is 1. The Morgan fingerprint density at radius 3 is 2.71 bits per heavy atom. The van der Waals surface area contributed by atoms with Crippen molar-refractivity contribution in [2.24, 2.45) is 16.7 Å². The predicted molar refractivity (Wildman–Crippen MR) is 127 cm³/mol. The van der Waals surface area contributed by atoms with E-state index in [2.05, 4.69) is 24.1 Å². The summed E-state index contributed by atoms with van der Waals surface area (Å²) in [5.74, 6) is 0.613. The molecule has 190 valence electrons. The van der Waals surface area contributed by atoms with Crippen LogP contribution in [0, 0.1) is 16.7 Å². The lowest BCUT2D eigenvalue weighted by Gasteiger charge is -2.39. The molecule has 0 saturated heterocycles. The molecule has 1 aliphatic carbocycles. The fourth-order valence-corrected chi connectivity index (χ4v) is 5.11. The number of aliphatic hydroxyl groups is 1. The number of amides is 1. The molecule has 0 radical (unpaired) electrons. The molecule has 5 nitrogen and oxygen atoms in total. The number of hydrogen-bond acceptors (Lipinski definition) is 4. The minimum Gasteiger partial charge on any atom is -0.396 e. The summed E-state index contributed by atoms with van der Waals surface area (Å²) in [6.45, 7) is 7.49. The molecule has 2 aliphatic rings. The first-order chi connectivity index (χ1) is 15.9. The third-order valence-corrected chi connectivity index (χ3v) is 8.16. The van der Waals surface area contributed by atoms with Crippen LogP contribution < -0.4 is 5.32 Å². The van der Waals surface area contributed by atoms with E-state index in [-0.39, 0.29) is 24.5 Å². The summed E-state index contributed by atoms with van der Waals surface area (Å²) < 4.78 is 39.2. The Hall–Kier alpha value is -1.64. The second kappa shape index (κ2) is 10.5. The van der Waals surface area contributed by atoms with Gasteiger partial charge in [-0.2, -0.15) is 13.2 Å². The van der Waals surface area contributed by atoms with Crippen LogP contribution in [0.1, 0.15) is 57.7 Å². The van der Waals surface area contributed by atoms with E-state index in [4.69, 9.17) is 11.6 Å². The quantitative estimate of drug-likeness (QED) is 0.505. The van der Waals surface area contributed by atoms with E-state index in [9.17, 15) is 23.1 Å². The van der Waals surface area contributed by atoms with Crippen LogP contribution in [0.2, 0.25) is 0 Å². The van der Waals surface area contributed by atoms with Gasteiger partial charge in [-0.25, -0.2) is 0 Å². The van der Waals surface area contributed by atoms with Gasteiger partial charge in [-0.15, -0.1) is 11.6 Å². The Labute approximate surface area is 204 Å². The Balaban J connectivity index is 1.68. The molecule has 34 heavy (non-hydrogen) atoms. The van der Waals surface area contributed by atoms with E-state index in [1.807, 2.05) is 17.9 Å². The second-order valence-electron chi connectivity index (χ2n) is 10.4. The van der Waals surface area contributed by atoms with Gasteiger partial charge in [0.2, 0.25) is 5.91 Å². The third-order valence-electron chi connectivity index (χ3n) is 7.52. The van der Waals surface area contributed by atoms with Gasteiger partial charge in [-0.05, 0) is 49.3 Å². The highest BCUT2D eigenvalue weighted by Crippen LogP contribution is 2.46. The molecule has 1 aliphatic heterocycles. The summed E-state index contributed by atoms with van der Waals surface area (Å²) in [5.41, 5.74) is -0.540. The number of carbonyl (C=O) groups is 1. The first kappa shape index (κ1) is 27.0. The standard InChI is InChI=1S/C25H35ClF3N3O2/c1-17(2)24(8-4-20(13-24)31-15-23(3,14-26)16-33)22(34)32-10-6-18(7-11-32)21-12-19(5-9-30-21)25(27,28)29/h5-6,9,12,17,20,31,33H,4,7-8,10-11,13-16H2,1-3H3/t20-,23?,24+/m0/s1. The molecule has 1 amide bonds. The summed E-state index contributed by atoms with van der Waals surface area (Å²) in [6.07, 6.45) is 1.44. The van der Waals surface area contributed by atoms with Crippen molar-refractivity contribution in [3.8, 4) is 0 Å². The van der Waals surface area contributed by atoms with Crippen molar-refractivity contribution in [1.29, 1.82) is 0 Å². The van der Waals surface area contributed by atoms with Gasteiger partial charge in [0.25, 0.3) is 0 Å². The Morgan fingerprint density at radius 2 is 2.15 bits per heavy atom. The predicted octanol–water partition coefficient (Wildman–Crippen LogP) is 4.74. The molecule has 0 spiro atoms. The van der Waals surface area contributed by atoms with Gasteiger partial charge in [0.15, 0.2) is 0 Å². The zero-order valence-corrected chi connectivity index (χ0v) is 20.8. The number of hydrogen-bond donors (Lipinski definition) is 2. The van der Waals surface area contributed by atoms with E-state index in [0.29, 0.717) is 37.6 Å². The van der Waals surface area contributed by atoms with Crippen LogP contribution in [0.15, 0.2) is 24.4 Å². The average Bonchev–Trinajstić information content (AvgIpc) is 3.27. The van der Waals surface area contributed by atoms with Crippen LogP contribution >= 0.6 is 11.6 Å². The van der Waals surface area contributed by atoms with Crippen molar-refractivity contribution in [3.63, 3.8) is 0 Å². The molecule has 1 aromatic rings. The third kappa shape index (κ3) is 5.77. The number of aliphatic hydroxyl groups excluding tert-OH is 1. The summed E-state index contributed by atoms with van der Waals surface area (Å²) >= 11 is 6.01. The molecule has 0 bridgehead atoms. The number of carbonyl (C=O) groups excluding carboxylic acids is 1. The summed E-state index contributed by atoms with van der Waals surface area (Å²) in [7, 11) is 0. The number of nitrogens with one attached hydrogen (secondary N) is 1. The van der Waals surface area contributed by atoms with E-state index in [1.54, 1.807) is 0 Å². The van der Waals surface area contributed by atoms with Crippen molar-refractivity contribution in [2.75, 3.05) is 32.1 Å². The van der Waals surface area contributed by atoms with Crippen LogP contribution in [0.5, 0.6) is 0 Å². The molecule has 3 atom stereocenters. The normalized spacial score (nSPS) is 25.4. The summed E-state index contributed by atoms with van der Waals surface area (Å²) in [5, 5.41) is 13.1. The Bertz CT molecular complexity index is 902. The fourth-order valence-electron chi connectivity index (χ4n) is 4.94. The number of halogens is 4. The van der Waals surface area contributed by atoms with Crippen molar-refractivity contribution < 1.29 is 23.1 Å². The van der Waals surface area contributed by atoms with E-state index >= 15 is 0 Å².